The standard InChI is InChI=1S/C4H7O5P/c1-2-3-4(5)9-10(6,7)8/h2-3H,1H3,(H2,6,7,8). The van der Waals surface area contributed by atoms with E-state index in [-0.39, 0.29) is 0 Å². The molecule has 0 aliphatic rings. The molecule has 0 spiro atoms. The summed E-state index contributed by atoms with van der Waals surface area (Å²) in [5, 5.41) is 0. The Morgan fingerprint density at radius 1 is 1.60 bits per heavy atom. The summed E-state index contributed by atoms with van der Waals surface area (Å²) >= 11 is 0. The van der Waals surface area contributed by atoms with Crippen molar-refractivity contribution in [2.75, 3.05) is 0 Å². The molecule has 0 radical (unpaired) electrons. The van der Waals surface area contributed by atoms with Crippen molar-refractivity contribution in [3.05, 3.63) is 12.2 Å². The number of hydrogen-bond donors (Lipinski definition) is 2. The van der Waals surface area contributed by atoms with E-state index in [2.05, 4.69) is 4.52 Å². The van der Waals surface area contributed by atoms with Crippen LogP contribution < -0.4 is 0 Å². The van der Waals surface area contributed by atoms with Crippen LogP contribution in [0, 0.1) is 0 Å². The van der Waals surface area contributed by atoms with E-state index in [0.29, 0.717) is 0 Å². The molecule has 6 heteroatoms. The van der Waals surface area contributed by atoms with Crippen molar-refractivity contribution in [2.24, 2.45) is 0 Å². The lowest BCUT2D eigenvalue weighted by Crippen LogP contribution is -1.96. The van der Waals surface area contributed by atoms with Gasteiger partial charge in [0.1, 0.15) is 0 Å². The van der Waals surface area contributed by atoms with E-state index in [1.54, 1.807) is 0 Å². The van der Waals surface area contributed by atoms with Crippen molar-refractivity contribution in [3.63, 3.8) is 0 Å². The normalized spacial score (nSPS) is 11.9. The highest BCUT2D eigenvalue weighted by molar-refractivity contribution is 7.46. The van der Waals surface area contributed by atoms with Crippen molar-refractivity contribution in [3.8, 4) is 0 Å². The van der Waals surface area contributed by atoms with Crippen LogP contribution in [0.1, 0.15) is 6.92 Å². The average Bonchev–Trinajstić information content (AvgIpc) is 1.59. The minimum absolute atomic E-state index is 0.916. The van der Waals surface area contributed by atoms with Crippen LogP contribution in [0.5, 0.6) is 0 Å². The van der Waals surface area contributed by atoms with E-state index < -0.39 is 13.8 Å². The van der Waals surface area contributed by atoms with E-state index >= 15 is 0 Å². The van der Waals surface area contributed by atoms with Crippen LogP contribution in [0.3, 0.4) is 0 Å². The largest absolute Gasteiger partial charge is 0.527 e. The smallest absolute Gasteiger partial charge is 0.367 e. The summed E-state index contributed by atoms with van der Waals surface area (Å²) in [5.41, 5.74) is 0. The van der Waals surface area contributed by atoms with E-state index in [4.69, 9.17) is 9.79 Å². The minimum Gasteiger partial charge on any atom is -0.367 e. The summed E-state index contributed by atoms with van der Waals surface area (Å²) in [4.78, 5) is 26.4. The Balaban J connectivity index is 3.93. The van der Waals surface area contributed by atoms with Crippen molar-refractivity contribution in [1.29, 1.82) is 0 Å². The zero-order valence-corrected chi connectivity index (χ0v) is 6.12. The Kier molecular flexibility index (Phi) is 3.28. The molecular weight excluding hydrogens is 159 g/mol. The Morgan fingerprint density at radius 3 is 2.40 bits per heavy atom. The second-order valence-electron chi connectivity index (χ2n) is 1.40. The summed E-state index contributed by atoms with van der Waals surface area (Å²) in [7, 11) is -4.65. The topological polar surface area (TPSA) is 83.8 Å². The molecule has 0 fully saturated rings. The first-order valence-electron chi connectivity index (χ1n) is 2.37. The maximum absolute atomic E-state index is 10.3. The molecule has 0 saturated carbocycles. The van der Waals surface area contributed by atoms with E-state index in [1.165, 1.54) is 13.0 Å². The first kappa shape index (κ1) is 9.36. The molecule has 0 saturated heterocycles. The number of carbonyl (C=O) groups excluding carboxylic acids is 1. The fourth-order valence-electron chi connectivity index (χ4n) is 0.284. The highest BCUT2D eigenvalue weighted by atomic mass is 31.2. The molecule has 0 amide bonds. The van der Waals surface area contributed by atoms with Gasteiger partial charge in [0.05, 0.1) is 0 Å². The molecule has 0 unspecified atom stereocenters. The van der Waals surface area contributed by atoms with Crippen molar-refractivity contribution in [1.82, 2.24) is 0 Å². The second-order valence-corrected chi connectivity index (χ2v) is 2.56. The molecule has 0 aromatic rings. The van der Waals surface area contributed by atoms with Crippen LogP contribution in [-0.4, -0.2) is 15.8 Å². The SMILES string of the molecule is CC=CC(=O)OP(=O)(O)O. The quantitative estimate of drug-likeness (QED) is 0.452. The van der Waals surface area contributed by atoms with E-state index in [1.807, 2.05) is 0 Å². The summed E-state index contributed by atoms with van der Waals surface area (Å²) in [5.74, 6) is -1.05. The molecule has 0 aliphatic heterocycles. The summed E-state index contributed by atoms with van der Waals surface area (Å²) in [6, 6.07) is 0. The molecule has 0 aromatic carbocycles. The van der Waals surface area contributed by atoms with E-state index in [9.17, 15) is 9.36 Å². The van der Waals surface area contributed by atoms with Gasteiger partial charge in [-0.05, 0) is 6.92 Å². The highest BCUT2D eigenvalue weighted by Crippen LogP contribution is 2.35. The van der Waals surface area contributed by atoms with Gasteiger partial charge >= 0.3 is 13.8 Å². The molecule has 0 rings (SSSR count). The molecule has 58 valence electrons. The van der Waals surface area contributed by atoms with Gasteiger partial charge in [-0.3, -0.25) is 9.79 Å². The molecule has 0 aromatic heterocycles. The van der Waals surface area contributed by atoms with Gasteiger partial charge in [-0.25, -0.2) is 9.36 Å². The molecule has 2 N–H and O–H groups in total. The average molecular weight is 166 g/mol. The van der Waals surface area contributed by atoms with Crippen LogP contribution in [0.4, 0.5) is 0 Å². The van der Waals surface area contributed by atoms with Gasteiger partial charge in [0.25, 0.3) is 0 Å². The number of hydrogen-bond acceptors (Lipinski definition) is 3. The molecule has 10 heavy (non-hydrogen) atoms. The van der Waals surface area contributed by atoms with Gasteiger partial charge < -0.3 is 4.52 Å². The van der Waals surface area contributed by atoms with Gasteiger partial charge in [0.2, 0.25) is 0 Å². The summed E-state index contributed by atoms with van der Waals surface area (Å²) < 4.78 is 13.6. The molecular formula is C4H7O5P. The van der Waals surface area contributed by atoms with Crippen LogP contribution in [-0.2, 0) is 13.9 Å². The van der Waals surface area contributed by atoms with Gasteiger partial charge in [-0.1, -0.05) is 6.08 Å². The predicted molar refractivity (Wildman–Crippen MR) is 33.0 cm³/mol. The zero-order chi connectivity index (χ0) is 8.20. The first-order chi connectivity index (χ1) is 4.45. The van der Waals surface area contributed by atoms with Crippen molar-refractivity contribution in [2.45, 2.75) is 6.92 Å². The minimum atomic E-state index is -4.65. The van der Waals surface area contributed by atoms with Crippen LogP contribution >= 0.6 is 7.82 Å². The summed E-state index contributed by atoms with van der Waals surface area (Å²) in [6.45, 7) is 1.53. The van der Waals surface area contributed by atoms with E-state index in [0.717, 1.165) is 6.08 Å². The molecule has 5 nitrogen and oxygen atoms in total. The second kappa shape index (κ2) is 3.51. The van der Waals surface area contributed by atoms with Crippen LogP contribution in [0.2, 0.25) is 0 Å². The lowest BCUT2D eigenvalue weighted by Gasteiger charge is -1.99. The predicted octanol–water partition coefficient (Wildman–Crippen LogP) is 0.198. The Labute approximate surface area is 57.6 Å². The Bertz CT molecular complexity index is 190. The lowest BCUT2D eigenvalue weighted by atomic mass is 10.5. The van der Waals surface area contributed by atoms with Crippen LogP contribution in [0.15, 0.2) is 12.2 Å². The lowest BCUT2D eigenvalue weighted by molar-refractivity contribution is -0.130. The fraction of sp³-hybridized carbons (Fsp3) is 0.250. The van der Waals surface area contributed by atoms with Crippen molar-refractivity contribution >= 4 is 13.8 Å². The molecule has 0 aliphatic carbocycles. The number of rotatable bonds is 2. The Hall–Kier alpha value is -0.640. The number of phosphoric ester groups is 1. The third kappa shape index (κ3) is 5.50. The number of allylic oxidation sites excluding steroid dienone is 1. The Morgan fingerprint density at radius 2 is 2.10 bits per heavy atom. The third-order valence-corrected chi connectivity index (χ3v) is 0.929. The van der Waals surface area contributed by atoms with Gasteiger partial charge in [0.15, 0.2) is 0 Å². The van der Waals surface area contributed by atoms with Crippen molar-refractivity contribution < 1.29 is 23.7 Å². The summed E-state index contributed by atoms with van der Waals surface area (Å²) in [6.07, 6.45) is 2.23. The maximum Gasteiger partial charge on any atom is 0.527 e. The van der Waals surface area contributed by atoms with Gasteiger partial charge in [0, 0.05) is 6.08 Å². The maximum atomic E-state index is 10.3. The number of carbonyl (C=O) groups is 1. The molecule has 0 bridgehead atoms. The third-order valence-electron chi connectivity index (χ3n) is 0.512. The molecule has 0 atom stereocenters. The first-order valence-corrected chi connectivity index (χ1v) is 3.90. The zero-order valence-electron chi connectivity index (χ0n) is 5.22. The molecule has 0 heterocycles. The van der Waals surface area contributed by atoms with Gasteiger partial charge in [-0.15, -0.1) is 0 Å². The van der Waals surface area contributed by atoms with Gasteiger partial charge in [-0.2, -0.15) is 0 Å². The number of phosphoric acid groups is 1. The van der Waals surface area contributed by atoms with Crippen LogP contribution in [0.25, 0.3) is 0 Å². The monoisotopic (exact) mass is 166 g/mol. The highest BCUT2D eigenvalue weighted by Gasteiger charge is 2.17. The fourth-order valence-corrected chi connectivity index (χ4v) is 0.579.